The van der Waals surface area contributed by atoms with Crippen LogP contribution in [0.25, 0.3) is 0 Å². The van der Waals surface area contributed by atoms with Gasteiger partial charge in [0.25, 0.3) is 5.91 Å². The maximum Gasteiger partial charge on any atom is 0.273 e. The Balaban J connectivity index is 1.08. The van der Waals surface area contributed by atoms with Crippen molar-refractivity contribution < 1.29 is 23.1 Å². The van der Waals surface area contributed by atoms with Crippen LogP contribution in [0.3, 0.4) is 0 Å². The highest BCUT2D eigenvalue weighted by molar-refractivity contribution is 5.91. The third-order valence-corrected chi connectivity index (χ3v) is 5.79. The van der Waals surface area contributed by atoms with Crippen molar-refractivity contribution in [1.29, 1.82) is 0 Å². The van der Waals surface area contributed by atoms with Gasteiger partial charge in [-0.1, -0.05) is 18.2 Å². The zero-order chi connectivity index (χ0) is 22.6. The summed E-state index contributed by atoms with van der Waals surface area (Å²) in [6.45, 7) is 5.54. The van der Waals surface area contributed by atoms with Crippen LogP contribution < -0.4 is 14.8 Å². The second-order valence-corrected chi connectivity index (χ2v) is 8.18. The van der Waals surface area contributed by atoms with E-state index in [0.29, 0.717) is 18.0 Å². The van der Waals surface area contributed by atoms with E-state index in [2.05, 4.69) is 26.2 Å². The van der Waals surface area contributed by atoms with Gasteiger partial charge in [0.1, 0.15) is 12.1 Å². The van der Waals surface area contributed by atoms with E-state index in [1.165, 1.54) is 24.0 Å². The number of carbonyl (C=O) groups excluding carboxylic acids is 1. The van der Waals surface area contributed by atoms with Crippen LogP contribution in [0.2, 0.25) is 0 Å². The molecule has 3 heterocycles. The number of benzene rings is 2. The van der Waals surface area contributed by atoms with Crippen molar-refractivity contribution in [3.05, 3.63) is 77.3 Å². The second-order valence-electron chi connectivity index (χ2n) is 8.18. The van der Waals surface area contributed by atoms with Crippen LogP contribution in [0, 0.1) is 5.82 Å². The SMILES string of the molecule is O=C(NCc1cccc(F)c1)c1coc(CN2CCN(Cc3ccc4c(c3)OCO4)CC2)n1. The molecule has 0 unspecified atom stereocenters. The van der Waals surface area contributed by atoms with Crippen LogP contribution in [0.1, 0.15) is 27.5 Å². The largest absolute Gasteiger partial charge is 0.454 e. The fourth-order valence-corrected chi connectivity index (χ4v) is 4.00. The smallest absolute Gasteiger partial charge is 0.273 e. The molecule has 0 bridgehead atoms. The molecule has 1 saturated heterocycles. The highest BCUT2D eigenvalue weighted by atomic mass is 19.1. The lowest BCUT2D eigenvalue weighted by Gasteiger charge is -2.34. The van der Waals surface area contributed by atoms with Gasteiger partial charge in [0.05, 0.1) is 6.54 Å². The van der Waals surface area contributed by atoms with Gasteiger partial charge in [0, 0.05) is 39.3 Å². The average Bonchev–Trinajstić information content (AvgIpc) is 3.48. The van der Waals surface area contributed by atoms with Crippen LogP contribution in [-0.4, -0.2) is 53.7 Å². The molecule has 0 aliphatic carbocycles. The van der Waals surface area contributed by atoms with E-state index >= 15 is 0 Å². The number of oxazole rings is 1. The van der Waals surface area contributed by atoms with Crippen molar-refractivity contribution in [1.82, 2.24) is 20.1 Å². The fraction of sp³-hybridized carbons (Fsp3) is 0.333. The Hall–Kier alpha value is -3.43. The highest BCUT2D eigenvalue weighted by Gasteiger charge is 2.21. The Morgan fingerprint density at radius 1 is 0.970 bits per heavy atom. The minimum absolute atomic E-state index is 0.225. The topological polar surface area (TPSA) is 80.1 Å². The number of hydrogen-bond acceptors (Lipinski definition) is 7. The van der Waals surface area contributed by atoms with E-state index in [-0.39, 0.29) is 30.8 Å². The first-order chi connectivity index (χ1) is 16.1. The molecule has 0 saturated carbocycles. The summed E-state index contributed by atoms with van der Waals surface area (Å²) in [5, 5.41) is 2.74. The lowest BCUT2D eigenvalue weighted by Crippen LogP contribution is -2.45. The molecule has 0 spiro atoms. The molecule has 0 atom stereocenters. The van der Waals surface area contributed by atoms with Gasteiger partial charge in [0.15, 0.2) is 17.2 Å². The number of rotatable bonds is 7. The van der Waals surface area contributed by atoms with Crippen LogP contribution >= 0.6 is 0 Å². The van der Waals surface area contributed by atoms with Gasteiger partial charge in [-0.3, -0.25) is 14.6 Å². The van der Waals surface area contributed by atoms with Gasteiger partial charge in [-0.15, -0.1) is 0 Å². The zero-order valence-corrected chi connectivity index (χ0v) is 18.1. The Labute approximate surface area is 190 Å². The number of carbonyl (C=O) groups is 1. The Kier molecular flexibility index (Phi) is 6.23. The normalized spacial score (nSPS) is 16.2. The van der Waals surface area contributed by atoms with E-state index in [0.717, 1.165) is 44.2 Å². The second kappa shape index (κ2) is 9.60. The van der Waals surface area contributed by atoms with Crippen LogP contribution in [0.5, 0.6) is 11.5 Å². The quantitative estimate of drug-likeness (QED) is 0.591. The lowest BCUT2D eigenvalue weighted by molar-refractivity contribution is 0.0945. The molecule has 33 heavy (non-hydrogen) atoms. The number of nitrogens with one attached hydrogen (secondary N) is 1. The van der Waals surface area contributed by atoms with E-state index in [9.17, 15) is 9.18 Å². The van der Waals surface area contributed by atoms with Crippen molar-refractivity contribution in [2.75, 3.05) is 33.0 Å². The molecule has 2 aliphatic heterocycles. The number of piperazine rings is 1. The van der Waals surface area contributed by atoms with Crippen LogP contribution in [0.4, 0.5) is 4.39 Å². The lowest BCUT2D eigenvalue weighted by atomic mass is 10.1. The van der Waals surface area contributed by atoms with Gasteiger partial charge < -0.3 is 19.2 Å². The Morgan fingerprint density at radius 3 is 2.58 bits per heavy atom. The molecule has 1 amide bonds. The minimum atomic E-state index is -0.345. The summed E-state index contributed by atoms with van der Waals surface area (Å²) in [4.78, 5) is 21.3. The molecule has 9 heteroatoms. The highest BCUT2D eigenvalue weighted by Crippen LogP contribution is 2.32. The van der Waals surface area contributed by atoms with Crippen LogP contribution in [0.15, 0.2) is 53.1 Å². The molecule has 2 aromatic carbocycles. The maximum absolute atomic E-state index is 13.3. The predicted octanol–water partition coefficient (Wildman–Crippen LogP) is 2.79. The maximum atomic E-state index is 13.3. The van der Waals surface area contributed by atoms with E-state index in [1.807, 2.05) is 12.1 Å². The van der Waals surface area contributed by atoms with Gasteiger partial charge in [-0.25, -0.2) is 9.37 Å². The van der Waals surface area contributed by atoms with Crippen molar-refractivity contribution >= 4 is 5.91 Å². The summed E-state index contributed by atoms with van der Waals surface area (Å²) >= 11 is 0. The standard InChI is InChI=1S/C24H25FN4O4/c25-19-3-1-2-17(10-19)12-26-24(30)20-15-31-23(27-20)14-29-8-6-28(7-9-29)13-18-4-5-21-22(11-18)33-16-32-21/h1-5,10-11,15H,6-9,12-14,16H2,(H,26,30). The first-order valence-electron chi connectivity index (χ1n) is 10.9. The predicted molar refractivity (Wildman–Crippen MR) is 117 cm³/mol. The van der Waals surface area contributed by atoms with Gasteiger partial charge in [0.2, 0.25) is 12.7 Å². The van der Waals surface area contributed by atoms with E-state index in [1.54, 1.807) is 12.1 Å². The van der Waals surface area contributed by atoms with Gasteiger partial charge in [-0.2, -0.15) is 0 Å². The molecular formula is C24H25FN4O4. The number of aromatic nitrogens is 1. The van der Waals surface area contributed by atoms with E-state index < -0.39 is 0 Å². The number of halogens is 1. The van der Waals surface area contributed by atoms with E-state index in [4.69, 9.17) is 13.9 Å². The first kappa shape index (κ1) is 21.4. The van der Waals surface area contributed by atoms with Crippen LogP contribution in [-0.2, 0) is 19.6 Å². The molecule has 8 nitrogen and oxygen atoms in total. The minimum Gasteiger partial charge on any atom is -0.454 e. The molecule has 2 aliphatic rings. The molecule has 5 rings (SSSR count). The van der Waals surface area contributed by atoms with Crippen molar-refractivity contribution in [2.45, 2.75) is 19.6 Å². The third kappa shape index (κ3) is 5.32. The number of nitrogens with zero attached hydrogens (tertiary/aromatic N) is 3. The fourth-order valence-electron chi connectivity index (χ4n) is 4.00. The molecule has 1 aromatic heterocycles. The summed E-state index contributed by atoms with van der Waals surface area (Å²) in [5.74, 6) is 1.45. The average molecular weight is 452 g/mol. The first-order valence-corrected chi connectivity index (χ1v) is 10.9. The van der Waals surface area contributed by atoms with Crippen molar-refractivity contribution in [3.8, 4) is 11.5 Å². The third-order valence-electron chi connectivity index (χ3n) is 5.79. The van der Waals surface area contributed by atoms with Crippen molar-refractivity contribution in [2.24, 2.45) is 0 Å². The zero-order valence-electron chi connectivity index (χ0n) is 18.1. The Bertz CT molecular complexity index is 1130. The molecule has 1 N–H and O–H groups in total. The molecular weight excluding hydrogens is 427 g/mol. The molecule has 0 radical (unpaired) electrons. The number of fused-ring (bicyclic) bond motifs is 1. The summed E-state index contributed by atoms with van der Waals surface area (Å²) in [6, 6.07) is 12.2. The number of hydrogen-bond donors (Lipinski definition) is 1. The van der Waals surface area contributed by atoms with Gasteiger partial charge >= 0.3 is 0 Å². The van der Waals surface area contributed by atoms with Gasteiger partial charge in [-0.05, 0) is 35.4 Å². The van der Waals surface area contributed by atoms with Crippen molar-refractivity contribution in [3.63, 3.8) is 0 Å². The Morgan fingerprint density at radius 2 is 1.76 bits per heavy atom. The summed E-state index contributed by atoms with van der Waals surface area (Å²) in [6.07, 6.45) is 1.37. The summed E-state index contributed by atoms with van der Waals surface area (Å²) in [5.41, 5.74) is 2.11. The molecule has 3 aromatic rings. The monoisotopic (exact) mass is 452 g/mol. The summed E-state index contributed by atoms with van der Waals surface area (Å²) in [7, 11) is 0. The number of ether oxygens (including phenoxy) is 2. The number of amides is 1. The molecule has 172 valence electrons. The summed E-state index contributed by atoms with van der Waals surface area (Å²) < 4.78 is 29.6. The molecule has 1 fully saturated rings.